The Morgan fingerprint density at radius 1 is 1.43 bits per heavy atom. The first-order valence-electron chi connectivity index (χ1n) is 9.33. The molecule has 0 radical (unpaired) electrons. The normalized spacial score (nSPS) is 11.5. The summed E-state index contributed by atoms with van der Waals surface area (Å²) in [6.07, 6.45) is 4.92. The molecular formula is C22H27BrFN3S. The number of hydrogen-bond donors (Lipinski definition) is 1. The van der Waals surface area contributed by atoms with Gasteiger partial charge in [-0.05, 0) is 71.3 Å². The molecule has 28 heavy (non-hydrogen) atoms. The van der Waals surface area contributed by atoms with Crippen LogP contribution in [-0.2, 0) is 6.54 Å². The second-order valence-corrected chi connectivity index (χ2v) is 7.53. The molecule has 0 aliphatic carbocycles. The average Bonchev–Trinajstić information content (AvgIpc) is 3.25. The number of halogens is 2. The molecule has 0 saturated carbocycles. The van der Waals surface area contributed by atoms with Gasteiger partial charge in [0.05, 0.1) is 12.4 Å². The standard InChI is InChI=1S/C20H21BrFN3S.C2H6/c1-3-4-6-15(8-9-22)19(21)20-14(2)18(11-16(12-23)25-20)24-13-17-7-5-10-26-17;1-2/h3-5,7,10-11H,6,8-9,13H2,1-2H3,(H,24,25);1-2H3/b4-3+,19-15-;. The molecule has 0 aliphatic heterocycles. The molecule has 2 aromatic heterocycles. The maximum absolute atomic E-state index is 13.0. The zero-order valence-electron chi connectivity index (χ0n) is 16.9. The first-order valence-corrected chi connectivity index (χ1v) is 11.0. The Bertz CT molecular complexity index is 836. The molecule has 0 aromatic carbocycles. The lowest BCUT2D eigenvalue weighted by Gasteiger charge is -2.15. The number of nitriles is 1. The van der Waals surface area contributed by atoms with Crippen LogP contribution in [0.3, 0.4) is 0 Å². The van der Waals surface area contributed by atoms with Crippen molar-refractivity contribution in [2.45, 2.75) is 47.1 Å². The highest BCUT2D eigenvalue weighted by atomic mass is 79.9. The average molecular weight is 464 g/mol. The van der Waals surface area contributed by atoms with Gasteiger partial charge in [0.1, 0.15) is 11.8 Å². The topological polar surface area (TPSA) is 48.7 Å². The van der Waals surface area contributed by atoms with E-state index in [1.807, 2.05) is 51.3 Å². The third-order valence-electron chi connectivity index (χ3n) is 3.93. The van der Waals surface area contributed by atoms with Crippen LogP contribution in [0.4, 0.5) is 10.1 Å². The van der Waals surface area contributed by atoms with E-state index in [0.29, 0.717) is 30.8 Å². The van der Waals surface area contributed by atoms with Gasteiger partial charge in [-0.1, -0.05) is 32.1 Å². The molecule has 0 spiro atoms. The highest BCUT2D eigenvalue weighted by molar-refractivity contribution is 9.15. The Balaban J connectivity index is 0.00000190. The van der Waals surface area contributed by atoms with E-state index >= 15 is 0 Å². The summed E-state index contributed by atoms with van der Waals surface area (Å²) in [6.45, 7) is 8.16. The fourth-order valence-electron chi connectivity index (χ4n) is 2.50. The molecule has 1 N–H and O–H groups in total. The highest BCUT2D eigenvalue weighted by Crippen LogP contribution is 2.33. The van der Waals surface area contributed by atoms with Gasteiger partial charge in [0.15, 0.2) is 0 Å². The molecule has 0 aliphatic rings. The van der Waals surface area contributed by atoms with Crippen LogP contribution in [0, 0.1) is 18.3 Å². The van der Waals surface area contributed by atoms with Crippen LogP contribution >= 0.6 is 27.3 Å². The summed E-state index contributed by atoms with van der Waals surface area (Å²) in [6, 6.07) is 7.95. The quantitative estimate of drug-likeness (QED) is 0.414. The molecule has 0 saturated heterocycles. The number of anilines is 1. The molecule has 0 amide bonds. The van der Waals surface area contributed by atoms with E-state index in [-0.39, 0.29) is 0 Å². The van der Waals surface area contributed by atoms with E-state index in [1.54, 1.807) is 17.4 Å². The van der Waals surface area contributed by atoms with Crippen molar-refractivity contribution in [2.75, 3.05) is 12.0 Å². The number of rotatable bonds is 8. The van der Waals surface area contributed by atoms with Crippen LogP contribution in [0.25, 0.3) is 4.48 Å². The molecule has 0 unspecified atom stereocenters. The summed E-state index contributed by atoms with van der Waals surface area (Å²) >= 11 is 5.28. The minimum absolute atomic E-state index is 0.334. The predicted molar refractivity (Wildman–Crippen MR) is 123 cm³/mol. The molecule has 0 atom stereocenters. The van der Waals surface area contributed by atoms with Crippen LogP contribution in [-0.4, -0.2) is 11.7 Å². The number of pyridine rings is 1. The minimum Gasteiger partial charge on any atom is -0.380 e. The van der Waals surface area contributed by atoms with Gasteiger partial charge in [-0.2, -0.15) is 5.26 Å². The molecule has 2 aromatic rings. The van der Waals surface area contributed by atoms with Crippen LogP contribution in [0.1, 0.15) is 55.4 Å². The first-order chi connectivity index (χ1) is 13.6. The van der Waals surface area contributed by atoms with Gasteiger partial charge >= 0.3 is 0 Å². The van der Waals surface area contributed by atoms with Crippen LogP contribution in [0.2, 0.25) is 0 Å². The van der Waals surface area contributed by atoms with Gasteiger partial charge in [-0.15, -0.1) is 11.3 Å². The lowest BCUT2D eigenvalue weighted by atomic mass is 10.0. The number of aromatic nitrogens is 1. The van der Waals surface area contributed by atoms with Crippen molar-refractivity contribution >= 4 is 37.4 Å². The lowest BCUT2D eigenvalue weighted by molar-refractivity contribution is 0.493. The third-order valence-corrected chi connectivity index (χ3v) is 5.75. The van der Waals surface area contributed by atoms with Crippen LogP contribution in [0.5, 0.6) is 0 Å². The van der Waals surface area contributed by atoms with E-state index in [1.165, 1.54) is 4.88 Å². The Morgan fingerprint density at radius 2 is 2.18 bits per heavy atom. The van der Waals surface area contributed by atoms with Crippen molar-refractivity contribution in [1.29, 1.82) is 5.26 Å². The van der Waals surface area contributed by atoms with Crippen molar-refractivity contribution < 1.29 is 4.39 Å². The van der Waals surface area contributed by atoms with E-state index in [2.05, 4.69) is 38.4 Å². The van der Waals surface area contributed by atoms with Gasteiger partial charge in [-0.25, -0.2) is 4.98 Å². The molecule has 6 heteroatoms. The fourth-order valence-corrected chi connectivity index (χ4v) is 3.89. The van der Waals surface area contributed by atoms with E-state index in [4.69, 9.17) is 0 Å². The molecule has 3 nitrogen and oxygen atoms in total. The van der Waals surface area contributed by atoms with Gasteiger partial charge in [0, 0.05) is 21.6 Å². The number of thiophene rings is 1. The summed E-state index contributed by atoms with van der Waals surface area (Å²) in [4.78, 5) is 5.67. The predicted octanol–water partition coefficient (Wildman–Crippen LogP) is 7.39. The fraction of sp³-hybridized carbons (Fsp3) is 0.364. The second-order valence-electron chi connectivity index (χ2n) is 5.70. The number of alkyl halides is 1. The van der Waals surface area contributed by atoms with Crippen molar-refractivity contribution in [3.63, 3.8) is 0 Å². The number of hydrogen-bond acceptors (Lipinski definition) is 4. The van der Waals surface area contributed by atoms with E-state index in [9.17, 15) is 9.65 Å². The van der Waals surface area contributed by atoms with Crippen molar-refractivity contribution in [3.8, 4) is 6.07 Å². The van der Waals surface area contributed by atoms with E-state index < -0.39 is 6.67 Å². The summed E-state index contributed by atoms with van der Waals surface area (Å²) in [7, 11) is 0. The largest absolute Gasteiger partial charge is 0.380 e. The van der Waals surface area contributed by atoms with Crippen molar-refractivity contribution in [2.24, 2.45) is 0 Å². The second kappa shape index (κ2) is 13.2. The van der Waals surface area contributed by atoms with Gasteiger partial charge < -0.3 is 5.32 Å². The van der Waals surface area contributed by atoms with Crippen molar-refractivity contribution in [3.05, 3.63) is 63.1 Å². The maximum Gasteiger partial charge on any atom is 0.143 e. The van der Waals surface area contributed by atoms with Crippen LogP contribution in [0.15, 0.2) is 41.3 Å². The summed E-state index contributed by atoms with van der Waals surface area (Å²) in [5.74, 6) is 0. The van der Waals surface area contributed by atoms with Crippen molar-refractivity contribution in [1.82, 2.24) is 4.98 Å². The highest BCUT2D eigenvalue weighted by Gasteiger charge is 2.15. The van der Waals surface area contributed by atoms with Crippen LogP contribution < -0.4 is 5.32 Å². The Hall–Kier alpha value is -1.97. The maximum atomic E-state index is 13.0. The minimum atomic E-state index is -0.428. The first kappa shape index (κ1) is 24.1. The Kier molecular flexibility index (Phi) is 11.4. The molecule has 0 fully saturated rings. The lowest BCUT2D eigenvalue weighted by Crippen LogP contribution is -2.05. The Morgan fingerprint density at radius 3 is 2.75 bits per heavy atom. The number of nitrogens with one attached hydrogen (secondary N) is 1. The SMILES string of the molecule is C/C=C/C/C(CCF)=C(/Br)c1nc(C#N)cc(NCc2cccs2)c1C.CC. The summed E-state index contributed by atoms with van der Waals surface area (Å²) in [5.41, 5.74) is 3.75. The molecule has 0 bridgehead atoms. The summed E-state index contributed by atoms with van der Waals surface area (Å²) in [5, 5.41) is 14.8. The van der Waals surface area contributed by atoms with Gasteiger partial charge in [0.2, 0.25) is 0 Å². The van der Waals surface area contributed by atoms with E-state index in [0.717, 1.165) is 21.3 Å². The monoisotopic (exact) mass is 463 g/mol. The van der Waals surface area contributed by atoms with Gasteiger partial charge in [0.25, 0.3) is 0 Å². The zero-order chi connectivity index (χ0) is 20.9. The molecule has 150 valence electrons. The number of allylic oxidation sites excluding steroid dienone is 3. The number of nitrogens with zero attached hydrogens (tertiary/aromatic N) is 2. The van der Waals surface area contributed by atoms with Gasteiger partial charge in [-0.3, -0.25) is 4.39 Å². The Labute approximate surface area is 180 Å². The molecule has 2 rings (SSSR count). The molecular weight excluding hydrogens is 437 g/mol. The molecule has 2 heterocycles. The zero-order valence-corrected chi connectivity index (χ0v) is 19.3. The third kappa shape index (κ3) is 6.88. The smallest absolute Gasteiger partial charge is 0.143 e. The summed E-state index contributed by atoms with van der Waals surface area (Å²) < 4.78 is 13.8.